The number of phenolic OH excluding ortho intramolecular Hbond substituents is 1. The van der Waals surface area contributed by atoms with E-state index in [-0.39, 0.29) is 23.1 Å². The number of benzene rings is 3. The topological polar surface area (TPSA) is 232 Å². The third-order valence-corrected chi connectivity index (χ3v) is 8.90. The molecule has 66 heavy (non-hydrogen) atoms. The van der Waals surface area contributed by atoms with Crippen LogP contribution in [-0.2, 0) is 9.47 Å². The zero-order chi connectivity index (χ0) is 49.0. The number of alkyl carbamates (subject to hydrolysis) is 2. The molecule has 5 N–H and O–H groups in total. The summed E-state index contributed by atoms with van der Waals surface area (Å²) >= 11 is 5.43. The molecule has 0 aliphatic heterocycles. The van der Waals surface area contributed by atoms with Gasteiger partial charge in [0.15, 0.2) is 0 Å². The van der Waals surface area contributed by atoms with Crippen LogP contribution in [0.2, 0.25) is 0 Å². The first-order chi connectivity index (χ1) is 31.1. The molecule has 6 aromatic rings. The highest BCUT2D eigenvalue weighted by Crippen LogP contribution is 2.24. The third kappa shape index (κ3) is 19.7. The number of hydrogen-bond donors (Lipinski definition) is 4. The number of phenols is 1. The molecule has 3 heterocycles. The molecule has 0 radical (unpaired) electrons. The van der Waals surface area contributed by atoms with Crippen LogP contribution in [0.3, 0.4) is 0 Å². The molecule has 16 nitrogen and oxygen atoms in total. The van der Waals surface area contributed by atoms with Gasteiger partial charge in [-0.15, -0.1) is 11.6 Å². The molecule has 0 saturated heterocycles. The van der Waals surface area contributed by atoms with Crippen molar-refractivity contribution in [3.05, 3.63) is 121 Å². The summed E-state index contributed by atoms with van der Waals surface area (Å²) < 4.78 is 36.5. The Morgan fingerprint density at radius 2 is 0.970 bits per heavy atom. The van der Waals surface area contributed by atoms with Gasteiger partial charge in [0.2, 0.25) is 0 Å². The number of carbonyl (C=O) groups is 2. The number of nitrogens with two attached hydrogens (primary N) is 1. The maximum absolute atomic E-state index is 11.5. The van der Waals surface area contributed by atoms with Crippen molar-refractivity contribution in [2.45, 2.75) is 92.8 Å². The van der Waals surface area contributed by atoms with Crippen LogP contribution in [0.1, 0.15) is 77.5 Å². The van der Waals surface area contributed by atoms with Gasteiger partial charge in [0.05, 0.1) is 13.2 Å². The second kappa shape index (κ2) is 25.8. The van der Waals surface area contributed by atoms with Gasteiger partial charge < -0.3 is 53.7 Å². The van der Waals surface area contributed by atoms with E-state index >= 15 is 0 Å². The average molecular weight is 936 g/mol. The predicted molar refractivity (Wildman–Crippen MR) is 256 cm³/mol. The van der Waals surface area contributed by atoms with Crippen LogP contribution in [0.15, 0.2) is 100 Å². The van der Waals surface area contributed by atoms with Gasteiger partial charge in [0, 0.05) is 71.5 Å². The molecule has 0 fully saturated rings. The molecule has 0 saturated carbocycles. The number of fused-ring (bicyclic) bond motifs is 3. The first kappa shape index (κ1) is 53.8. The lowest BCUT2D eigenvalue weighted by atomic mass is 10.1. The zero-order valence-electron chi connectivity index (χ0n) is 39.1. The molecule has 0 unspecified atom stereocenters. The van der Waals surface area contributed by atoms with Gasteiger partial charge in [-0.25, -0.2) is 24.0 Å². The van der Waals surface area contributed by atoms with Crippen LogP contribution in [0.25, 0.3) is 32.9 Å². The first-order valence-electron chi connectivity index (χ1n) is 21.3. The molecule has 2 amide bonds. The van der Waals surface area contributed by atoms with Crippen LogP contribution < -0.4 is 42.7 Å². The minimum atomic E-state index is -0.506. The minimum Gasteiger partial charge on any atom is -0.508 e. The van der Waals surface area contributed by atoms with E-state index in [1.165, 1.54) is 24.3 Å². The number of aromatic hydroxyl groups is 1. The van der Waals surface area contributed by atoms with Gasteiger partial charge in [0.1, 0.15) is 45.2 Å². The highest BCUT2D eigenvalue weighted by Gasteiger charge is 2.16. The predicted octanol–water partition coefficient (Wildman–Crippen LogP) is 9.17. The van der Waals surface area contributed by atoms with Gasteiger partial charge in [-0.1, -0.05) is 0 Å². The molecule has 17 heteroatoms. The molecule has 6 rings (SSSR count). The van der Waals surface area contributed by atoms with Crippen molar-refractivity contribution in [1.29, 1.82) is 0 Å². The Balaban J connectivity index is 0.000000243. The molecule has 0 aliphatic carbocycles. The van der Waals surface area contributed by atoms with E-state index in [0.717, 1.165) is 45.7 Å². The Kier molecular flexibility index (Phi) is 21.1. The average Bonchev–Trinajstić information content (AvgIpc) is 3.20. The van der Waals surface area contributed by atoms with Crippen molar-refractivity contribution in [3.8, 4) is 17.2 Å². The molecule has 358 valence electrons. The van der Waals surface area contributed by atoms with Crippen molar-refractivity contribution < 1.29 is 46.9 Å². The third-order valence-electron chi connectivity index (χ3n) is 8.63. The van der Waals surface area contributed by atoms with E-state index in [9.17, 15) is 24.0 Å². The van der Waals surface area contributed by atoms with Crippen LogP contribution in [0.5, 0.6) is 17.2 Å². The number of aryl methyl sites for hydroxylation is 3. The van der Waals surface area contributed by atoms with Gasteiger partial charge in [-0.3, -0.25) is 0 Å². The van der Waals surface area contributed by atoms with Crippen LogP contribution in [0.4, 0.5) is 9.59 Å². The standard InChI is InChI=1S/C18H23NO5.C13H15NO3.C10H8O3.C8H16ClNO2/c1-12-10-16(20)23-15-11-13(6-7-14(12)15)22-9-5-8-19-17(21)24-18(2,3)4;1-9-7-13(15)17-12-8-10(3-4-11(9)12)16-6-2-5-14;1-6-4-10(12)13-9-5-7(11)2-3-8(6)9;1-8(2,3)12-7(11)10-6-4-5-9/h6-7,10-11H,5,8-9H2,1-4H3,(H,19,21);3-4,7-8H,2,5-6,14H2,1H3;2-5,11H,1H3;4-6H2,1-3H3,(H,10,11). The summed E-state index contributed by atoms with van der Waals surface area (Å²) in [6.45, 7) is 19.1. The smallest absolute Gasteiger partial charge is 0.407 e. The molecule has 3 aromatic heterocycles. The van der Waals surface area contributed by atoms with Gasteiger partial charge in [-0.05, 0) is 141 Å². The van der Waals surface area contributed by atoms with Crippen molar-refractivity contribution in [2.24, 2.45) is 5.73 Å². The molecule has 0 spiro atoms. The second-order valence-electron chi connectivity index (χ2n) is 16.8. The summed E-state index contributed by atoms with van der Waals surface area (Å²) in [5.41, 5.74) is 7.45. The van der Waals surface area contributed by atoms with E-state index in [4.69, 9.17) is 54.6 Å². The fourth-order valence-electron chi connectivity index (χ4n) is 5.72. The van der Waals surface area contributed by atoms with E-state index in [1.807, 2.05) is 86.6 Å². The summed E-state index contributed by atoms with van der Waals surface area (Å²) in [7, 11) is 0. The molecular formula is C49H62ClN3O13. The first-order valence-corrected chi connectivity index (χ1v) is 21.9. The normalized spacial score (nSPS) is 11.0. The van der Waals surface area contributed by atoms with Crippen LogP contribution in [0, 0.1) is 20.8 Å². The number of hydrogen-bond acceptors (Lipinski definition) is 14. The van der Waals surface area contributed by atoms with E-state index in [1.54, 1.807) is 24.3 Å². The number of ether oxygens (including phenoxy) is 4. The van der Waals surface area contributed by atoms with Gasteiger partial charge >= 0.3 is 29.1 Å². The summed E-state index contributed by atoms with van der Waals surface area (Å²) in [6, 6.07) is 20.0. The maximum Gasteiger partial charge on any atom is 0.407 e. The minimum absolute atomic E-state index is 0.0984. The highest BCUT2D eigenvalue weighted by atomic mass is 35.5. The Morgan fingerprint density at radius 3 is 1.36 bits per heavy atom. The monoisotopic (exact) mass is 935 g/mol. The SMILES string of the molecule is CC(C)(C)OC(=O)NCCCCl.Cc1cc(=O)oc2cc(O)ccc12.Cc1cc(=O)oc2cc(OCCCN)ccc12.Cc1cc(=O)oc2cc(OCCCNC(=O)OC(C)(C)C)ccc12. The maximum atomic E-state index is 11.5. The Labute approximate surface area is 388 Å². The number of rotatable bonds is 12. The second-order valence-corrected chi connectivity index (χ2v) is 17.2. The molecule has 0 bridgehead atoms. The van der Waals surface area contributed by atoms with Crippen molar-refractivity contribution in [1.82, 2.24) is 10.6 Å². The number of halogens is 1. The number of amides is 2. The Hall–Kier alpha value is -6.52. The number of nitrogens with one attached hydrogen (secondary N) is 2. The molecule has 3 aromatic carbocycles. The Bertz CT molecular complexity index is 2700. The quantitative estimate of drug-likeness (QED) is 0.0509. The summed E-state index contributed by atoms with van der Waals surface area (Å²) in [4.78, 5) is 56.1. The van der Waals surface area contributed by atoms with E-state index in [2.05, 4.69) is 10.6 Å². The van der Waals surface area contributed by atoms with Crippen molar-refractivity contribution in [2.75, 3.05) is 38.7 Å². The fourth-order valence-corrected chi connectivity index (χ4v) is 5.85. The van der Waals surface area contributed by atoms with Crippen molar-refractivity contribution >= 4 is 56.7 Å². The zero-order valence-corrected chi connectivity index (χ0v) is 39.8. The summed E-state index contributed by atoms with van der Waals surface area (Å²) in [6.07, 6.45) is 1.38. The lowest BCUT2D eigenvalue weighted by molar-refractivity contribution is 0.0515. The number of carbonyl (C=O) groups excluding carboxylic acids is 2. The lowest BCUT2D eigenvalue weighted by Crippen LogP contribution is -2.33. The Morgan fingerprint density at radius 1 is 0.591 bits per heavy atom. The number of alkyl halides is 1. The van der Waals surface area contributed by atoms with E-state index in [0.29, 0.717) is 73.4 Å². The molecule has 0 aliphatic rings. The lowest BCUT2D eigenvalue weighted by Gasteiger charge is -2.19. The van der Waals surface area contributed by atoms with E-state index < -0.39 is 22.9 Å². The van der Waals surface area contributed by atoms with Crippen molar-refractivity contribution in [3.63, 3.8) is 0 Å². The van der Waals surface area contributed by atoms with Gasteiger partial charge in [0.25, 0.3) is 0 Å². The van der Waals surface area contributed by atoms with Crippen LogP contribution >= 0.6 is 11.6 Å². The molecular weight excluding hydrogens is 874 g/mol. The summed E-state index contributed by atoms with van der Waals surface area (Å²) in [5, 5.41) is 17.1. The van der Waals surface area contributed by atoms with Crippen LogP contribution in [-0.4, -0.2) is 67.2 Å². The molecule has 0 atom stereocenters. The fraction of sp³-hybridized carbons (Fsp3) is 0.408. The largest absolute Gasteiger partial charge is 0.508 e. The van der Waals surface area contributed by atoms with Gasteiger partial charge in [-0.2, -0.15) is 0 Å². The summed E-state index contributed by atoms with van der Waals surface area (Å²) in [5.74, 6) is 1.96. The highest BCUT2D eigenvalue weighted by molar-refractivity contribution is 6.17.